The molecule has 0 fully saturated rings. The smallest absolute Gasteiger partial charge is 0.261 e. The van der Waals surface area contributed by atoms with Crippen molar-refractivity contribution >= 4 is 56.9 Å². The van der Waals surface area contributed by atoms with E-state index in [-0.39, 0.29) is 17.2 Å². The number of benzene rings is 3. The minimum atomic E-state index is -0.0526. The lowest BCUT2D eigenvalue weighted by molar-refractivity contribution is -0.124. The summed E-state index contributed by atoms with van der Waals surface area (Å²) in [5, 5.41) is 0. The van der Waals surface area contributed by atoms with E-state index in [1.54, 1.807) is 22.7 Å². The van der Waals surface area contributed by atoms with E-state index in [0.29, 0.717) is 24.2 Å². The molecule has 5 heterocycles. The van der Waals surface area contributed by atoms with Crippen LogP contribution in [0.2, 0.25) is 0 Å². The Morgan fingerprint density at radius 1 is 0.550 bits per heavy atom. The van der Waals surface area contributed by atoms with Gasteiger partial charge in [0, 0.05) is 39.5 Å². The normalized spacial score (nSPS) is 14.4. The number of hydrogen-bond acceptors (Lipinski definition) is 6. The van der Waals surface area contributed by atoms with Gasteiger partial charge in [0.1, 0.15) is 0 Å². The van der Waals surface area contributed by atoms with E-state index < -0.39 is 0 Å². The van der Waals surface area contributed by atoms with Crippen LogP contribution in [0.1, 0.15) is 113 Å². The average Bonchev–Trinajstić information content (AvgIpc) is 4.07. The molecule has 3 aromatic heterocycles. The Morgan fingerprint density at radius 3 is 1.58 bits per heavy atom. The number of hydrogen-bond donors (Lipinski definition) is 0. The molecular weight excluding hydrogens is 777 g/mol. The highest BCUT2D eigenvalue weighted by Gasteiger charge is 2.49. The van der Waals surface area contributed by atoms with Crippen LogP contribution in [0, 0.1) is 6.92 Å². The average molecular weight is 833 g/mol. The first-order valence-corrected chi connectivity index (χ1v) is 23.6. The first-order valence-electron chi connectivity index (χ1n) is 21.9. The molecule has 0 atom stereocenters. The van der Waals surface area contributed by atoms with Gasteiger partial charge in [-0.15, -0.1) is 22.7 Å². The molecule has 0 saturated carbocycles. The van der Waals surface area contributed by atoms with Crippen LogP contribution in [0.25, 0.3) is 55.4 Å². The molecule has 0 radical (unpaired) electrons. The van der Waals surface area contributed by atoms with Crippen molar-refractivity contribution in [3.05, 3.63) is 128 Å². The molecule has 0 aliphatic carbocycles. The molecule has 6 nitrogen and oxygen atoms in total. The van der Waals surface area contributed by atoms with Crippen molar-refractivity contribution in [2.75, 3.05) is 13.1 Å². The predicted octanol–water partition coefficient (Wildman–Crippen LogP) is 13.7. The first kappa shape index (κ1) is 41.5. The zero-order valence-corrected chi connectivity index (χ0v) is 37.6. The number of amides is 2. The lowest BCUT2D eigenvalue weighted by Crippen LogP contribution is -2.30. The Kier molecular flexibility index (Phi) is 12.3. The van der Waals surface area contributed by atoms with Gasteiger partial charge in [-0.2, -0.15) is 0 Å². The zero-order chi connectivity index (χ0) is 42.0. The minimum Gasteiger partial charge on any atom is -0.306 e. The summed E-state index contributed by atoms with van der Waals surface area (Å²) in [5.74, 6) is -0.105. The summed E-state index contributed by atoms with van der Waals surface area (Å²) in [7, 11) is 0. The van der Waals surface area contributed by atoms with Crippen LogP contribution in [0.5, 0.6) is 0 Å². The second-order valence-corrected chi connectivity index (χ2v) is 19.0. The number of carbonyl (C=O) groups excluding carboxylic acids is 2. The van der Waals surface area contributed by atoms with E-state index in [2.05, 4.69) is 102 Å². The van der Waals surface area contributed by atoms with Crippen LogP contribution in [0.4, 0.5) is 0 Å². The molecule has 6 aromatic rings. The van der Waals surface area contributed by atoms with E-state index in [0.717, 1.165) is 128 Å². The molecule has 0 unspecified atom stereocenters. The Hall–Kier alpha value is -5.18. The van der Waals surface area contributed by atoms with Gasteiger partial charge in [-0.05, 0) is 61.4 Å². The second-order valence-electron chi connectivity index (χ2n) is 16.8. The van der Waals surface area contributed by atoms with Crippen LogP contribution < -0.4 is 0 Å². The Labute approximate surface area is 363 Å². The van der Waals surface area contributed by atoms with Gasteiger partial charge in [0.2, 0.25) is 0 Å². The van der Waals surface area contributed by atoms with Crippen LogP contribution in [0.3, 0.4) is 0 Å². The fourth-order valence-corrected chi connectivity index (χ4v) is 10.7. The SMILES string of the molecule is CCCCCCN1C(=O)C2=C(c3ccc(C(C)(C)CC)s3)N(CCCCCC)C(=O)C2=C1c1ccc(-c2ccc(C)c3nc(-c4ccccc4)c(-c4ccccc4)nc23)s1. The van der Waals surface area contributed by atoms with E-state index in [1.807, 2.05) is 46.2 Å². The number of unbranched alkanes of at least 4 members (excludes halogenated alkanes) is 6. The molecule has 2 aliphatic heterocycles. The van der Waals surface area contributed by atoms with Crippen molar-refractivity contribution < 1.29 is 9.59 Å². The van der Waals surface area contributed by atoms with Crippen molar-refractivity contribution in [2.45, 2.75) is 105 Å². The molecule has 8 rings (SSSR count). The number of aryl methyl sites for hydroxylation is 1. The van der Waals surface area contributed by atoms with Crippen molar-refractivity contribution in [3.63, 3.8) is 0 Å². The molecule has 8 heteroatoms. The highest BCUT2D eigenvalue weighted by Crippen LogP contribution is 2.50. The number of aromatic nitrogens is 2. The van der Waals surface area contributed by atoms with Gasteiger partial charge in [-0.1, -0.05) is 146 Å². The third kappa shape index (κ3) is 7.80. The summed E-state index contributed by atoms with van der Waals surface area (Å²) in [6.07, 6.45) is 9.32. The summed E-state index contributed by atoms with van der Waals surface area (Å²) in [5.41, 5.74) is 10.1. The summed E-state index contributed by atoms with van der Waals surface area (Å²) < 4.78 is 0. The van der Waals surface area contributed by atoms with Gasteiger partial charge in [0.25, 0.3) is 11.8 Å². The zero-order valence-electron chi connectivity index (χ0n) is 35.9. The van der Waals surface area contributed by atoms with Crippen molar-refractivity contribution in [1.82, 2.24) is 19.8 Å². The van der Waals surface area contributed by atoms with E-state index in [4.69, 9.17) is 9.97 Å². The van der Waals surface area contributed by atoms with Crippen LogP contribution in [0.15, 0.2) is 108 Å². The van der Waals surface area contributed by atoms with E-state index >= 15 is 0 Å². The Morgan fingerprint density at radius 2 is 1.05 bits per heavy atom. The maximum Gasteiger partial charge on any atom is 0.261 e. The van der Waals surface area contributed by atoms with Gasteiger partial charge >= 0.3 is 0 Å². The summed E-state index contributed by atoms with van der Waals surface area (Å²) >= 11 is 3.36. The topological polar surface area (TPSA) is 66.4 Å². The van der Waals surface area contributed by atoms with Gasteiger partial charge in [0.05, 0.1) is 54.7 Å². The standard InChI is InChI=1S/C52H56N4O2S2/c1-7-10-12-20-32-55-48(42-43(51(55)58)49(56(50(42)57)33-21-13-11-8-2)40-30-31-41(60-40)52(5,6)9-3)39-29-28-38(59-39)37-27-26-34(4)44-47(37)54-46(36-24-18-15-19-25-36)45(53-44)35-22-16-14-17-23-35/h14-19,22-31H,7-13,20-21,32-33H2,1-6H3. The predicted molar refractivity (Wildman–Crippen MR) is 252 cm³/mol. The van der Waals surface area contributed by atoms with Gasteiger partial charge in [-0.3, -0.25) is 9.59 Å². The highest BCUT2D eigenvalue weighted by atomic mass is 32.1. The molecule has 2 amide bonds. The maximum atomic E-state index is 15.0. The number of carbonyl (C=O) groups is 2. The molecule has 60 heavy (non-hydrogen) atoms. The first-order chi connectivity index (χ1) is 29.2. The van der Waals surface area contributed by atoms with E-state index in [1.165, 1.54) is 4.88 Å². The minimum absolute atomic E-state index is 0.000408. The second kappa shape index (κ2) is 17.8. The summed E-state index contributed by atoms with van der Waals surface area (Å²) in [4.78, 5) is 48.9. The molecule has 2 aliphatic rings. The fourth-order valence-electron chi connectivity index (χ4n) is 8.40. The lowest BCUT2D eigenvalue weighted by Gasteiger charge is -2.25. The molecule has 0 saturated heterocycles. The van der Waals surface area contributed by atoms with E-state index in [9.17, 15) is 9.59 Å². The fraction of sp³-hybridized carbons (Fsp3) is 0.346. The third-order valence-corrected chi connectivity index (χ3v) is 14.8. The number of nitrogens with zero attached hydrogens (tertiary/aromatic N) is 4. The molecule has 308 valence electrons. The highest BCUT2D eigenvalue weighted by molar-refractivity contribution is 7.16. The number of fused-ring (bicyclic) bond motifs is 2. The lowest BCUT2D eigenvalue weighted by atomic mass is 9.89. The molecular formula is C52H56N4O2S2. The molecule has 0 N–H and O–H groups in total. The monoisotopic (exact) mass is 832 g/mol. The van der Waals surface area contributed by atoms with Crippen LogP contribution in [-0.4, -0.2) is 44.7 Å². The van der Waals surface area contributed by atoms with Crippen molar-refractivity contribution in [2.24, 2.45) is 0 Å². The third-order valence-electron chi connectivity index (χ3n) is 12.3. The van der Waals surface area contributed by atoms with Gasteiger partial charge in [0.15, 0.2) is 0 Å². The molecule has 0 spiro atoms. The maximum absolute atomic E-state index is 15.0. The summed E-state index contributed by atoms with van der Waals surface area (Å²) in [6.45, 7) is 14.4. The number of thiophene rings is 2. The van der Waals surface area contributed by atoms with Crippen LogP contribution >= 0.6 is 22.7 Å². The van der Waals surface area contributed by atoms with Gasteiger partial charge < -0.3 is 9.80 Å². The summed E-state index contributed by atoms with van der Waals surface area (Å²) in [6, 6.07) is 33.4. The number of rotatable bonds is 17. The molecule has 3 aromatic carbocycles. The van der Waals surface area contributed by atoms with Crippen LogP contribution in [-0.2, 0) is 15.0 Å². The van der Waals surface area contributed by atoms with Gasteiger partial charge in [-0.25, -0.2) is 9.97 Å². The Balaban J connectivity index is 1.28. The van der Waals surface area contributed by atoms with Crippen molar-refractivity contribution in [1.29, 1.82) is 0 Å². The largest absolute Gasteiger partial charge is 0.306 e. The quantitative estimate of drug-likeness (QED) is 0.0859. The van der Waals surface area contributed by atoms with Crippen molar-refractivity contribution in [3.8, 4) is 33.0 Å². The molecule has 0 bridgehead atoms. The Bertz CT molecular complexity index is 2600.